The summed E-state index contributed by atoms with van der Waals surface area (Å²) in [6.45, 7) is 0. The van der Waals surface area contributed by atoms with Crippen molar-refractivity contribution in [1.29, 1.82) is 0 Å². The molecular formula is C14H16BrFO. The summed E-state index contributed by atoms with van der Waals surface area (Å²) in [4.78, 5) is 0. The van der Waals surface area contributed by atoms with Crippen molar-refractivity contribution in [3.8, 4) is 0 Å². The van der Waals surface area contributed by atoms with Gasteiger partial charge in [-0.15, -0.1) is 0 Å². The van der Waals surface area contributed by atoms with Crippen LogP contribution in [0.5, 0.6) is 0 Å². The van der Waals surface area contributed by atoms with E-state index in [4.69, 9.17) is 0 Å². The van der Waals surface area contributed by atoms with Crippen LogP contribution in [0, 0.1) is 11.7 Å². The first kappa shape index (κ1) is 12.8. The van der Waals surface area contributed by atoms with Crippen LogP contribution < -0.4 is 0 Å². The molecule has 3 heteroatoms. The predicted molar refractivity (Wildman–Crippen MR) is 70.3 cm³/mol. The van der Waals surface area contributed by atoms with Crippen molar-refractivity contribution >= 4 is 15.9 Å². The summed E-state index contributed by atoms with van der Waals surface area (Å²) >= 11 is 3.23. The first-order chi connectivity index (χ1) is 8.18. The normalized spacial score (nSPS) is 21.5. The lowest BCUT2D eigenvalue weighted by atomic mass is 9.86. The van der Waals surface area contributed by atoms with Gasteiger partial charge in [-0.1, -0.05) is 24.3 Å². The summed E-state index contributed by atoms with van der Waals surface area (Å²) in [5.41, 5.74) is 0.840. The second-order valence-electron chi connectivity index (χ2n) is 4.53. The number of halogens is 2. The maximum Gasteiger partial charge on any atom is 0.137 e. The number of hydrogen-bond acceptors (Lipinski definition) is 1. The third kappa shape index (κ3) is 3.17. The summed E-state index contributed by atoms with van der Waals surface area (Å²) in [6.07, 6.45) is 7.37. The molecule has 0 amide bonds. The second kappa shape index (κ2) is 5.78. The van der Waals surface area contributed by atoms with Crippen LogP contribution in [0.1, 0.15) is 24.8 Å². The molecule has 1 aromatic carbocycles. The molecule has 0 bridgehead atoms. The van der Waals surface area contributed by atoms with Crippen molar-refractivity contribution < 1.29 is 9.50 Å². The van der Waals surface area contributed by atoms with Gasteiger partial charge in [-0.05, 0) is 59.2 Å². The first-order valence-electron chi connectivity index (χ1n) is 5.94. The summed E-state index contributed by atoms with van der Waals surface area (Å²) in [7, 11) is 0. The first-order valence-corrected chi connectivity index (χ1v) is 6.73. The van der Waals surface area contributed by atoms with Crippen molar-refractivity contribution in [2.75, 3.05) is 0 Å². The Morgan fingerprint density at radius 2 is 2.24 bits per heavy atom. The molecule has 0 spiro atoms. The number of rotatable bonds is 3. The largest absolute Gasteiger partial charge is 0.392 e. The number of allylic oxidation sites excluding steroid dienone is 2. The van der Waals surface area contributed by atoms with Crippen molar-refractivity contribution in [3.63, 3.8) is 0 Å². The van der Waals surface area contributed by atoms with E-state index in [-0.39, 0.29) is 5.82 Å². The van der Waals surface area contributed by atoms with Gasteiger partial charge >= 0.3 is 0 Å². The van der Waals surface area contributed by atoms with Crippen molar-refractivity contribution in [2.45, 2.75) is 31.8 Å². The van der Waals surface area contributed by atoms with Gasteiger partial charge in [0.15, 0.2) is 0 Å². The zero-order valence-corrected chi connectivity index (χ0v) is 11.2. The Balaban J connectivity index is 2.04. The van der Waals surface area contributed by atoms with Crippen LogP contribution in [0.25, 0.3) is 0 Å². The van der Waals surface area contributed by atoms with Gasteiger partial charge in [0.25, 0.3) is 0 Å². The molecule has 2 rings (SSSR count). The molecule has 2 unspecified atom stereocenters. The molecule has 1 nitrogen and oxygen atoms in total. The lowest BCUT2D eigenvalue weighted by Gasteiger charge is -2.24. The number of aliphatic hydroxyl groups excluding tert-OH is 1. The van der Waals surface area contributed by atoms with E-state index < -0.39 is 6.10 Å². The Kier molecular flexibility index (Phi) is 4.35. The number of benzene rings is 1. The molecule has 1 aliphatic rings. The molecule has 1 N–H and O–H groups in total. The monoisotopic (exact) mass is 298 g/mol. The average Bonchev–Trinajstić information content (AvgIpc) is 2.36. The molecule has 0 saturated carbocycles. The smallest absolute Gasteiger partial charge is 0.137 e. The van der Waals surface area contributed by atoms with E-state index in [1.165, 1.54) is 6.07 Å². The van der Waals surface area contributed by atoms with Crippen LogP contribution in [-0.4, -0.2) is 11.2 Å². The highest BCUT2D eigenvalue weighted by Gasteiger charge is 2.21. The van der Waals surface area contributed by atoms with Crippen LogP contribution >= 0.6 is 15.9 Å². The van der Waals surface area contributed by atoms with E-state index >= 15 is 0 Å². The SMILES string of the molecule is OC(Cc1cccc(F)c1Br)C1CC=CCC1. The average molecular weight is 299 g/mol. The van der Waals surface area contributed by atoms with Crippen molar-refractivity contribution in [1.82, 2.24) is 0 Å². The Bertz CT molecular complexity index is 417. The Morgan fingerprint density at radius 1 is 1.41 bits per heavy atom. The topological polar surface area (TPSA) is 20.2 Å². The van der Waals surface area contributed by atoms with Crippen LogP contribution in [0.4, 0.5) is 4.39 Å². The van der Waals surface area contributed by atoms with Crippen LogP contribution in [-0.2, 0) is 6.42 Å². The minimum absolute atomic E-state index is 0.266. The highest BCUT2D eigenvalue weighted by atomic mass is 79.9. The third-order valence-corrected chi connectivity index (χ3v) is 4.20. The molecule has 0 heterocycles. The molecule has 0 aliphatic heterocycles. The molecule has 1 aliphatic carbocycles. The highest BCUT2D eigenvalue weighted by molar-refractivity contribution is 9.10. The minimum atomic E-state index is -0.391. The molecule has 17 heavy (non-hydrogen) atoms. The van der Waals surface area contributed by atoms with Gasteiger partial charge < -0.3 is 5.11 Å². The van der Waals surface area contributed by atoms with E-state index in [9.17, 15) is 9.50 Å². The van der Waals surface area contributed by atoms with Gasteiger partial charge in [-0.2, -0.15) is 0 Å². The summed E-state index contributed by atoms with van der Waals surface area (Å²) in [6, 6.07) is 4.96. The summed E-state index contributed by atoms with van der Waals surface area (Å²) < 4.78 is 13.8. The van der Waals surface area contributed by atoms with Crippen LogP contribution in [0.3, 0.4) is 0 Å². The van der Waals surface area contributed by atoms with Gasteiger partial charge in [0.1, 0.15) is 5.82 Å². The lowest BCUT2D eigenvalue weighted by molar-refractivity contribution is 0.102. The van der Waals surface area contributed by atoms with E-state index in [1.54, 1.807) is 6.07 Å². The standard InChI is InChI=1S/C14H16BrFO/c15-14-11(7-4-8-12(14)16)9-13(17)10-5-2-1-3-6-10/h1-2,4,7-8,10,13,17H,3,5-6,9H2. The van der Waals surface area contributed by atoms with E-state index in [1.807, 2.05) is 6.07 Å². The molecule has 0 radical (unpaired) electrons. The molecule has 0 aromatic heterocycles. The zero-order chi connectivity index (χ0) is 12.3. The number of hydrogen-bond donors (Lipinski definition) is 1. The van der Waals surface area contributed by atoms with Gasteiger partial charge in [0.05, 0.1) is 10.6 Å². The fourth-order valence-corrected chi connectivity index (χ4v) is 2.69. The Hall–Kier alpha value is -0.670. The quantitative estimate of drug-likeness (QED) is 0.841. The molecular weight excluding hydrogens is 283 g/mol. The maximum atomic E-state index is 13.3. The van der Waals surface area contributed by atoms with Gasteiger partial charge in [-0.3, -0.25) is 0 Å². The van der Waals surface area contributed by atoms with E-state index in [0.717, 1.165) is 24.8 Å². The Morgan fingerprint density at radius 3 is 2.94 bits per heavy atom. The van der Waals surface area contributed by atoms with E-state index in [2.05, 4.69) is 28.1 Å². The molecule has 1 aromatic rings. The summed E-state index contributed by atoms with van der Waals surface area (Å²) in [5.74, 6) is 0.0356. The molecule has 92 valence electrons. The highest BCUT2D eigenvalue weighted by Crippen LogP contribution is 2.27. The maximum absolute atomic E-state index is 13.3. The minimum Gasteiger partial charge on any atom is -0.392 e. The van der Waals surface area contributed by atoms with E-state index in [0.29, 0.717) is 16.8 Å². The Labute approximate surface area is 109 Å². The van der Waals surface area contributed by atoms with Crippen molar-refractivity contribution in [3.05, 3.63) is 46.2 Å². The van der Waals surface area contributed by atoms with Gasteiger partial charge in [-0.25, -0.2) is 4.39 Å². The van der Waals surface area contributed by atoms with Gasteiger partial charge in [0, 0.05) is 0 Å². The van der Waals surface area contributed by atoms with Crippen LogP contribution in [0.2, 0.25) is 0 Å². The predicted octanol–water partition coefficient (Wildman–Crippen LogP) is 3.85. The number of aliphatic hydroxyl groups is 1. The molecule has 0 saturated heterocycles. The van der Waals surface area contributed by atoms with Gasteiger partial charge in [0.2, 0.25) is 0 Å². The fraction of sp³-hybridized carbons (Fsp3) is 0.429. The molecule has 0 fully saturated rings. The molecule has 2 atom stereocenters. The van der Waals surface area contributed by atoms with Crippen LogP contribution in [0.15, 0.2) is 34.8 Å². The summed E-state index contributed by atoms with van der Waals surface area (Å²) in [5, 5.41) is 10.2. The second-order valence-corrected chi connectivity index (χ2v) is 5.32. The fourth-order valence-electron chi connectivity index (χ4n) is 2.26. The van der Waals surface area contributed by atoms with Crippen molar-refractivity contribution in [2.24, 2.45) is 5.92 Å². The third-order valence-electron chi connectivity index (χ3n) is 3.31. The lowest BCUT2D eigenvalue weighted by Crippen LogP contribution is -2.24. The zero-order valence-electron chi connectivity index (χ0n) is 9.57.